The highest BCUT2D eigenvalue weighted by Crippen LogP contribution is 2.21. The third kappa shape index (κ3) is 2.91. The lowest BCUT2D eigenvalue weighted by Gasteiger charge is -2.23. The molecule has 0 amide bonds. The number of ether oxygens (including phenoxy) is 1. The zero-order valence-electron chi connectivity index (χ0n) is 10.6. The number of methoxy groups -OCH3 is 1. The van der Waals surface area contributed by atoms with E-state index in [1.54, 1.807) is 18.4 Å². The predicted octanol–water partition coefficient (Wildman–Crippen LogP) is 1.55. The van der Waals surface area contributed by atoms with E-state index >= 15 is 0 Å². The summed E-state index contributed by atoms with van der Waals surface area (Å²) in [6.07, 6.45) is 5.97. The van der Waals surface area contributed by atoms with Crippen molar-refractivity contribution in [2.45, 2.75) is 12.0 Å². The fraction of sp³-hybridized carbons (Fsp3) is 0.200. The number of benzene rings is 1. The summed E-state index contributed by atoms with van der Waals surface area (Å²) in [6.45, 7) is 0. The second-order valence-corrected chi connectivity index (χ2v) is 4.22. The second-order valence-electron chi connectivity index (χ2n) is 4.22. The van der Waals surface area contributed by atoms with Gasteiger partial charge in [0.25, 0.3) is 0 Å². The maximum Gasteiger partial charge on any atom is 0.339 e. The molecule has 0 saturated heterocycles. The van der Waals surface area contributed by atoms with Crippen molar-refractivity contribution >= 4 is 12.3 Å². The molecule has 0 saturated carbocycles. The molecule has 19 heavy (non-hydrogen) atoms. The van der Waals surface area contributed by atoms with Crippen molar-refractivity contribution in [3.8, 4) is 0 Å². The molecule has 4 heteroatoms. The van der Waals surface area contributed by atoms with Crippen LogP contribution in [0.3, 0.4) is 0 Å². The Bertz CT molecular complexity index is 519. The normalized spacial score (nSPS) is 19.0. The number of carbonyl (C=O) groups excluding carboxylic acids is 2. The van der Waals surface area contributed by atoms with Crippen molar-refractivity contribution in [2.24, 2.45) is 0 Å². The van der Waals surface area contributed by atoms with Gasteiger partial charge >= 0.3 is 5.97 Å². The van der Waals surface area contributed by atoms with E-state index in [9.17, 15) is 9.59 Å². The lowest BCUT2D eigenvalue weighted by atomic mass is 9.91. The highest BCUT2D eigenvalue weighted by atomic mass is 16.5. The summed E-state index contributed by atoms with van der Waals surface area (Å²) in [6, 6.07) is 9.36. The number of aldehydes is 1. The molecule has 0 aliphatic carbocycles. The van der Waals surface area contributed by atoms with E-state index in [0.717, 1.165) is 11.8 Å². The van der Waals surface area contributed by atoms with Crippen LogP contribution in [-0.2, 0) is 14.3 Å². The van der Waals surface area contributed by atoms with Crippen molar-refractivity contribution in [3.05, 3.63) is 59.8 Å². The molecule has 0 aromatic heterocycles. The number of esters is 1. The zero-order valence-corrected chi connectivity index (χ0v) is 10.6. The van der Waals surface area contributed by atoms with Gasteiger partial charge in [-0.15, -0.1) is 0 Å². The minimum atomic E-state index is -0.399. The summed E-state index contributed by atoms with van der Waals surface area (Å²) in [5, 5.41) is 3.05. The molecule has 98 valence electrons. The van der Waals surface area contributed by atoms with E-state index in [0.29, 0.717) is 5.57 Å². The Kier molecular flexibility index (Phi) is 4.13. The smallest absolute Gasteiger partial charge is 0.339 e. The first-order chi connectivity index (χ1) is 9.26. The van der Waals surface area contributed by atoms with E-state index in [-0.39, 0.29) is 12.0 Å². The van der Waals surface area contributed by atoms with Crippen LogP contribution in [0.1, 0.15) is 11.5 Å². The molecule has 2 unspecified atom stereocenters. The largest absolute Gasteiger partial charge is 0.465 e. The van der Waals surface area contributed by atoms with E-state index in [2.05, 4.69) is 10.1 Å². The fourth-order valence-corrected chi connectivity index (χ4v) is 2.01. The van der Waals surface area contributed by atoms with E-state index in [1.807, 2.05) is 30.3 Å². The Labute approximate surface area is 111 Å². The number of hydrogen-bond donors (Lipinski definition) is 1. The first kappa shape index (κ1) is 13.1. The van der Waals surface area contributed by atoms with Crippen LogP contribution in [0.15, 0.2) is 54.3 Å². The Morgan fingerprint density at radius 1 is 1.37 bits per heavy atom. The van der Waals surface area contributed by atoms with Crippen LogP contribution in [0.2, 0.25) is 0 Å². The van der Waals surface area contributed by atoms with Crippen LogP contribution in [0.25, 0.3) is 0 Å². The van der Waals surface area contributed by atoms with Crippen molar-refractivity contribution in [1.82, 2.24) is 5.32 Å². The van der Waals surface area contributed by atoms with Gasteiger partial charge in [-0.3, -0.25) is 0 Å². The molecule has 4 nitrogen and oxygen atoms in total. The monoisotopic (exact) mass is 257 g/mol. The molecule has 1 aliphatic rings. The minimum Gasteiger partial charge on any atom is -0.465 e. The Hall–Kier alpha value is -2.36. The van der Waals surface area contributed by atoms with Gasteiger partial charge in [-0.1, -0.05) is 36.4 Å². The van der Waals surface area contributed by atoms with Crippen LogP contribution in [0, 0.1) is 0 Å². The summed E-state index contributed by atoms with van der Waals surface area (Å²) in [5.74, 6) is -0.683. The van der Waals surface area contributed by atoms with Crippen molar-refractivity contribution in [2.75, 3.05) is 7.11 Å². The number of hydrogen-bond acceptors (Lipinski definition) is 4. The topological polar surface area (TPSA) is 55.4 Å². The molecule has 0 radical (unpaired) electrons. The zero-order chi connectivity index (χ0) is 13.7. The molecular weight excluding hydrogens is 242 g/mol. The molecule has 0 spiro atoms. The van der Waals surface area contributed by atoms with E-state index in [1.165, 1.54) is 7.11 Å². The predicted molar refractivity (Wildman–Crippen MR) is 71.4 cm³/mol. The Balaban J connectivity index is 2.13. The lowest BCUT2D eigenvalue weighted by molar-refractivity contribution is -0.135. The lowest BCUT2D eigenvalue weighted by Crippen LogP contribution is -2.33. The van der Waals surface area contributed by atoms with Crippen LogP contribution in [0.5, 0.6) is 0 Å². The summed E-state index contributed by atoms with van der Waals surface area (Å²) in [7, 11) is 1.33. The number of rotatable bonds is 4. The maximum absolute atomic E-state index is 11.3. The molecule has 0 bridgehead atoms. The van der Waals surface area contributed by atoms with Crippen LogP contribution in [-0.4, -0.2) is 25.4 Å². The summed E-state index contributed by atoms with van der Waals surface area (Å²) >= 11 is 0. The standard InChI is InChI=1S/C15H15NO3/c1-19-15(18)12-7-8-14(16-9-12)13(10-17)11-5-3-2-4-6-11/h2-10,13-14,16H,1H3. The summed E-state index contributed by atoms with van der Waals surface area (Å²) in [4.78, 5) is 22.6. The van der Waals surface area contributed by atoms with Gasteiger partial charge < -0.3 is 14.8 Å². The molecule has 1 aromatic rings. The molecule has 1 N–H and O–H groups in total. The molecule has 1 aromatic carbocycles. The van der Waals surface area contributed by atoms with Gasteiger partial charge in [-0.2, -0.15) is 0 Å². The fourth-order valence-electron chi connectivity index (χ4n) is 2.01. The van der Waals surface area contributed by atoms with Gasteiger partial charge in [-0.05, 0) is 11.6 Å². The molecular formula is C15H15NO3. The van der Waals surface area contributed by atoms with Crippen molar-refractivity contribution < 1.29 is 14.3 Å². The first-order valence-corrected chi connectivity index (χ1v) is 5.99. The molecule has 1 heterocycles. The van der Waals surface area contributed by atoms with Gasteiger partial charge in [0.05, 0.1) is 24.6 Å². The summed E-state index contributed by atoms with van der Waals surface area (Å²) < 4.78 is 4.63. The van der Waals surface area contributed by atoms with Crippen LogP contribution < -0.4 is 5.32 Å². The Morgan fingerprint density at radius 3 is 2.63 bits per heavy atom. The summed E-state index contributed by atoms with van der Waals surface area (Å²) in [5.41, 5.74) is 1.38. The Morgan fingerprint density at radius 2 is 2.11 bits per heavy atom. The third-order valence-corrected chi connectivity index (χ3v) is 3.05. The highest BCUT2D eigenvalue weighted by molar-refractivity contribution is 5.91. The average Bonchev–Trinajstić information content (AvgIpc) is 2.49. The first-order valence-electron chi connectivity index (χ1n) is 5.99. The van der Waals surface area contributed by atoms with Gasteiger partial charge in [-0.25, -0.2) is 4.79 Å². The SMILES string of the molecule is COC(=O)C1=CNC(C(C=O)c2ccccc2)C=C1. The second kappa shape index (κ2) is 6.00. The van der Waals surface area contributed by atoms with Crippen LogP contribution >= 0.6 is 0 Å². The molecule has 2 rings (SSSR count). The minimum absolute atomic E-state index is 0.159. The number of nitrogens with one attached hydrogen (secondary N) is 1. The van der Waals surface area contributed by atoms with Gasteiger partial charge in [0, 0.05) is 6.20 Å². The maximum atomic E-state index is 11.3. The number of dihydropyridines is 1. The van der Waals surface area contributed by atoms with E-state index in [4.69, 9.17) is 0 Å². The third-order valence-electron chi connectivity index (χ3n) is 3.05. The van der Waals surface area contributed by atoms with Gasteiger partial charge in [0.1, 0.15) is 6.29 Å². The van der Waals surface area contributed by atoms with Gasteiger partial charge in [0.2, 0.25) is 0 Å². The highest BCUT2D eigenvalue weighted by Gasteiger charge is 2.22. The van der Waals surface area contributed by atoms with Crippen molar-refractivity contribution in [1.29, 1.82) is 0 Å². The quantitative estimate of drug-likeness (QED) is 0.657. The average molecular weight is 257 g/mol. The van der Waals surface area contributed by atoms with E-state index < -0.39 is 5.97 Å². The molecule has 0 fully saturated rings. The molecule has 1 aliphatic heterocycles. The van der Waals surface area contributed by atoms with Gasteiger partial charge in [0.15, 0.2) is 0 Å². The van der Waals surface area contributed by atoms with Crippen molar-refractivity contribution in [3.63, 3.8) is 0 Å². The molecule has 2 atom stereocenters. The van der Waals surface area contributed by atoms with Crippen LogP contribution in [0.4, 0.5) is 0 Å². The number of carbonyl (C=O) groups is 2.